The molecule has 0 aromatic rings. The highest BCUT2D eigenvalue weighted by atomic mass is 32.2. The van der Waals surface area contributed by atoms with E-state index in [1.54, 1.807) is 0 Å². The molecule has 3 heteroatoms. The van der Waals surface area contributed by atoms with Crippen LogP contribution < -0.4 is 0 Å². The van der Waals surface area contributed by atoms with Crippen LogP contribution in [0.1, 0.15) is 13.3 Å². The maximum Gasteiger partial charge on any atom is 0.153 e. The Bertz CT molecular complexity index is 113. The Balaban J connectivity index is 2.14. The maximum atomic E-state index is 10.1. The molecule has 0 heterocycles. The Morgan fingerprint density at radius 1 is 1.88 bits per heavy atom. The lowest BCUT2D eigenvalue weighted by Gasteiger charge is -1.87. The SMILES string of the molecule is CC1CC1CS(=O)O. The third-order valence-corrected chi connectivity index (χ3v) is 2.35. The Hall–Kier alpha value is 0.110. The van der Waals surface area contributed by atoms with Crippen LogP contribution in [0.5, 0.6) is 0 Å². The molecule has 48 valence electrons. The molecule has 0 spiro atoms. The van der Waals surface area contributed by atoms with Crippen LogP contribution in [-0.4, -0.2) is 14.5 Å². The quantitative estimate of drug-likeness (QED) is 0.569. The summed E-state index contributed by atoms with van der Waals surface area (Å²) in [4.78, 5) is 0. The van der Waals surface area contributed by atoms with Crippen LogP contribution >= 0.6 is 0 Å². The summed E-state index contributed by atoms with van der Waals surface area (Å²) >= 11 is -1.55. The zero-order valence-electron chi connectivity index (χ0n) is 4.83. The fraction of sp³-hybridized carbons (Fsp3) is 1.00. The van der Waals surface area contributed by atoms with Crippen molar-refractivity contribution >= 4 is 11.1 Å². The van der Waals surface area contributed by atoms with Crippen molar-refractivity contribution < 1.29 is 8.76 Å². The van der Waals surface area contributed by atoms with Gasteiger partial charge in [0.25, 0.3) is 0 Å². The van der Waals surface area contributed by atoms with Gasteiger partial charge in [-0.3, -0.25) is 0 Å². The van der Waals surface area contributed by atoms with Crippen LogP contribution in [0.25, 0.3) is 0 Å². The first-order valence-electron chi connectivity index (χ1n) is 2.77. The van der Waals surface area contributed by atoms with Crippen molar-refractivity contribution in [3.63, 3.8) is 0 Å². The summed E-state index contributed by atoms with van der Waals surface area (Å²) in [6, 6.07) is 0. The summed E-state index contributed by atoms with van der Waals surface area (Å²) in [7, 11) is 0. The summed E-state index contributed by atoms with van der Waals surface area (Å²) in [6.45, 7) is 2.11. The van der Waals surface area contributed by atoms with Crippen LogP contribution in [0.2, 0.25) is 0 Å². The molecule has 0 bridgehead atoms. The van der Waals surface area contributed by atoms with Gasteiger partial charge in [0.1, 0.15) is 0 Å². The van der Waals surface area contributed by atoms with Gasteiger partial charge in [0.15, 0.2) is 11.1 Å². The largest absolute Gasteiger partial charge is 0.306 e. The first kappa shape index (κ1) is 6.23. The van der Waals surface area contributed by atoms with Crippen molar-refractivity contribution in [1.82, 2.24) is 0 Å². The Morgan fingerprint density at radius 2 is 2.38 bits per heavy atom. The monoisotopic (exact) mass is 134 g/mol. The van der Waals surface area contributed by atoms with Gasteiger partial charge < -0.3 is 4.55 Å². The minimum atomic E-state index is -1.55. The first-order chi connectivity index (χ1) is 3.70. The number of hydrogen-bond acceptors (Lipinski definition) is 1. The molecular formula is C5H10O2S. The summed E-state index contributed by atoms with van der Waals surface area (Å²) in [5.74, 6) is 1.73. The molecule has 2 nitrogen and oxygen atoms in total. The van der Waals surface area contributed by atoms with Crippen LogP contribution in [-0.2, 0) is 11.1 Å². The molecular weight excluding hydrogens is 124 g/mol. The Kier molecular flexibility index (Phi) is 1.68. The van der Waals surface area contributed by atoms with Gasteiger partial charge in [-0.2, -0.15) is 0 Å². The molecule has 0 aliphatic heterocycles. The smallest absolute Gasteiger partial charge is 0.153 e. The van der Waals surface area contributed by atoms with Gasteiger partial charge in [-0.25, -0.2) is 4.21 Å². The Morgan fingerprint density at radius 3 is 2.50 bits per heavy atom. The van der Waals surface area contributed by atoms with E-state index in [1.165, 1.54) is 0 Å². The van der Waals surface area contributed by atoms with Gasteiger partial charge in [0, 0.05) is 0 Å². The van der Waals surface area contributed by atoms with Gasteiger partial charge in [0.2, 0.25) is 0 Å². The van der Waals surface area contributed by atoms with E-state index in [1.807, 2.05) is 0 Å². The fourth-order valence-electron chi connectivity index (χ4n) is 0.814. The van der Waals surface area contributed by atoms with Crippen LogP contribution in [0.15, 0.2) is 0 Å². The first-order valence-corrected chi connectivity index (χ1v) is 4.05. The van der Waals surface area contributed by atoms with Gasteiger partial charge >= 0.3 is 0 Å². The number of rotatable bonds is 2. The van der Waals surface area contributed by atoms with Crippen molar-refractivity contribution in [2.24, 2.45) is 11.8 Å². The normalized spacial score (nSPS) is 39.2. The predicted molar refractivity (Wildman–Crippen MR) is 32.9 cm³/mol. The molecule has 3 unspecified atom stereocenters. The lowest BCUT2D eigenvalue weighted by molar-refractivity contribution is 0.558. The zero-order chi connectivity index (χ0) is 6.15. The van der Waals surface area contributed by atoms with Crippen LogP contribution in [0.4, 0.5) is 0 Å². The van der Waals surface area contributed by atoms with Crippen LogP contribution in [0.3, 0.4) is 0 Å². The molecule has 0 saturated heterocycles. The molecule has 1 rings (SSSR count). The van der Waals surface area contributed by atoms with Crippen molar-refractivity contribution in [2.75, 3.05) is 5.75 Å². The van der Waals surface area contributed by atoms with Gasteiger partial charge in [0.05, 0.1) is 5.75 Å². The van der Waals surface area contributed by atoms with Crippen molar-refractivity contribution in [3.8, 4) is 0 Å². The average Bonchev–Trinajstić information content (AvgIpc) is 2.17. The molecule has 0 aromatic carbocycles. The topological polar surface area (TPSA) is 37.3 Å². The van der Waals surface area contributed by atoms with E-state index in [2.05, 4.69) is 6.92 Å². The van der Waals surface area contributed by atoms with E-state index in [4.69, 9.17) is 4.55 Å². The summed E-state index contributed by atoms with van der Waals surface area (Å²) in [6.07, 6.45) is 1.15. The molecule has 8 heavy (non-hydrogen) atoms. The van der Waals surface area contributed by atoms with Gasteiger partial charge in [-0.05, 0) is 18.3 Å². The minimum Gasteiger partial charge on any atom is -0.306 e. The van der Waals surface area contributed by atoms with E-state index in [9.17, 15) is 4.21 Å². The molecule has 3 atom stereocenters. The van der Waals surface area contributed by atoms with E-state index in [0.29, 0.717) is 17.6 Å². The molecule has 1 fully saturated rings. The lowest BCUT2D eigenvalue weighted by atomic mass is 10.4. The second-order valence-corrected chi connectivity index (χ2v) is 3.44. The summed E-state index contributed by atoms with van der Waals surface area (Å²) in [5.41, 5.74) is 0. The molecule has 0 amide bonds. The standard InChI is InChI=1S/C5H10O2S/c1-4-2-5(4)3-8(6)7/h4-5H,2-3H2,1H3,(H,6,7). The molecule has 0 radical (unpaired) electrons. The zero-order valence-corrected chi connectivity index (χ0v) is 5.65. The van der Waals surface area contributed by atoms with Crippen molar-refractivity contribution in [2.45, 2.75) is 13.3 Å². The Labute approximate surface area is 51.6 Å². The van der Waals surface area contributed by atoms with Crippen LogP contribution in [0, 0.1) is 11.8 Å². The van der Waals surface area contributed by atoms with E-state index in [0.717, 1.165) is 6.42 Å². The highest BCUT2D eigenvalue weighted by Crippen LogP contribution is 2.37. The summed E-state index contributed by atoms with van der Waals surface area (Å²) < 4.78 is 18.5. The molecule has 1 aliphatic rings. The molecule has 0 aromatic heterocycles. The second-order valence-electron chi connectivity index (χ2n) is 2.46. The third kappa shape index (κ3) is 1.56. The summed E-state index contributed by atoms with van der Waals surface area (Å²) in [5, 5.41) is 0. The van der Waals surface area contributed by atoms with E-state index in [-0.39, 0.29) is 0 Å². The van der Waals surface area contributed by atoms with E-state index >= 15 is 0 Å². The molecule has 1 N–H and O–H groups in total. The second kappa shape index (κ2) is 2.15. The maximum absolute atomic E-state index is 10.1. The van der Waals surface area contributed by atoms with Gasteiger partial charge in [-0.15, -0.1) is 0 Å². The fourth-order valence-corrected chi connectivity index (χ4v) is 1.65. The van der Waals surface area contributed by atoms with Crippen molar-refractivity contribution in [3.05, 3.63) is 0 Å². The predicted octanol–water partition coefficient (Wildman–Crippen LogP) is 0.864. The average molecular weight is 134 g/mol. The third-order valence-electron chi connectivity index (χ3n) is 1.63. The molecule has 1 saturated carbocycles. The lowest BCUT2D eigenvalue weighted by Crippen LogP contribution is -1.96. The minimum absolute atomic E-state index is 0.487. The highest BCUT2D eigenvalue weighted by molar-refractivity contribution is 7.79. The van der Waals surface area contributed by atoms with E-state index < -0.39 is 11.1 Å². The number of hydrogen-bond donors (Lipinski definition) is 1. The van der Waals surface area contributed by atoms with Crippen molar-refractivity contribution in [1.29, 1.82) is 0 Å². The molecule has 1 aliphatic carbocycles. The van der Waals surface area contributed by atoms with Gasteiger partial charge in [-0.1, -0.05) is 6.92 Å². The highest BCUT2D eigenvalue weighted by Gasteiger charge is 2.33.